The van der Waals surface area contributed by atoms with Gasteiger partial charge < -0.3 is 60.1 Å². The first-order valence-electron chi connectivity index (χ1n) is 18.1. The second kappa shape index (κ2) is 18.1. The molecule has 0 spiro atoms. The number of aryl methyl sites for hydroxylation is 1. The van der Waals surface area contributed by atoms with E-state index in [1.807, 2.05) is 0 Å². The summed E-state index contributed by atoms with van der Waals surface area (Å²) in [6.07, 6.45) is 0. The quantitative estimate of drug-likeness (QED) is 0.0383. The SMILES string of the molecule is CCOC(=O)c1c(C)oc2cc(OC)c(OCc3oc4cc(OC)c(OCc5oc6cc(OC)c(OS(=O)(=O)O)cc6c5C(=O)OCCOC)cc4c3C(=O)OCC)cc12. The average molecular weight is 857 g/mol. The number of rotatable bonds is 19. The third-order valence-corrected chi connectivity index (χ3v) is 9.23. The van der Waals surface area contributed by atoms with Crippen LogP contribution in [0.15, 0.2) is 49.6 Å². The number of hydrogen-bond donors (Lipinski definition) is 1. The van der Waals surface area contributed by atoms with Crippen LogP contribution in [0.3, 0.4) is 0 Å². The summed E-state index contributed by atoms with van der Waals surface area (Å²) in [6.45, 7) is 4.34. The molecule has 1 N–H and O–H groups in total. The molecule has 0 atom stereocenters. The number of hydrogen-bond acceptors (Lipinski definition) is 18. The molecule has 320 valence electrons. The van der Waals surface area contributed by atoms with Crippen LogP contribution < -0.4 is 27.9 Å². The number of furan rings is 3. The highest BCUT2D eigenvalue weighted by atomic mass is 32.3. The number of methoxy groups -OCH3 is 4. The maximum atomic E-state index is 13.5. The molecule has 0 fully saturated rings. The van der Waals surface area contributed by atoms with Crippen molar-refractivity contribution in [3.05, 3.63) is 70.4 Å². The van der Waals surface area contributed by atoms with Gasteiger partial charge in [-0.25, -0.2) is 14.4 Å². The van der Waals surface area contributed by atoms with Gasteiger partial charge in [-0.05, 0) is 39.0 Å². The monoisotopic (exact) mass is 856 g/mol. The molecule has 20 heteroatoms. The predicted octanol–water partition coefficient (Wildman–Crippen LogP) is 6.76. The maximum absolute atomic E-state index is 13.5. The molecule has 0 radical (unpaired) electrons. The smallest absolute Gasteiger partial charge is 0.446 e. The van der Waals surface area contributed by atoms with Gasteiger partial charge in [0.05, 0.1) is 41.2 Å². The lowest BCUT2D eigenvalue weighted by Crippen LogP contribution is -2.12. The fourth-order valence-electron chi connectivity index (χ4n) is 6.31. The Hall–Kier alpha value is -6.64. The average Bonchev–Trinajstić information content (AvgIpc) is 3.86. The lowest BCUT2D eigenvalue weighted by Gasteiger charge is -2.11. The molecule has 3 heterocycles. The van der Waals surface area contributed by atoms with Gasteiger partial charge in [0.15, 0.2) is 46.0 Å². The summed E-state index contributed by atoms with van der Waals surface area (Å²) in [5.74, 6) is -1.75. The number of ether oxygens (including phenoxy) is 9. The highest BCUT2D eigenvalue weighted by molar-refractivity contribution is 7.81. The van der Waals surface area contributed by atoms with Crippen LogP contribution in [0.5, 0.6) is 34.5 Å². The lowest BCUT2D eigenvalue weighted by atomic mass is 10.1. The molecular weight excluding hydrogens is 816 g/mol. The summed E-state index contributed by atoms with van der Waals surface area (Å²) in [6, 6.07) is 8.46. The van der Waals surface area contributed by atoms with Crippen molar-refractivity contribution in [3.63, 3.8) is 0 Å². The lowest BCUT2D eigenvalue weighted by molar-refractivity contribution is 0.0384. The standard InChI is InChI=1S/C40H40O19S/c1-8-51-38(41)35-20(3)56-24-15-27(48-5)30(12-21(24)35)54-18-33-36(39(42)52-9-2)22-13-31(28(49-6)16-25(22)57-33)55-19-34-37(40(43)53-11-10-47-4)23-14-32(59-60(44,45)46)29(50-7)17-26(23)58-34/h12-17H,8-11,18-19H2,1-7H3,(H,44,45,46). The minimum atomic E-state index is -5.00. The van der Waals surface area contributed by atoms with E-state index in [1.165, 1.54) is 46.6 Å². The Bertz CT molecular complexity index is 2680. The molecule has 0 amide bonds. The van der Waals surface area contributed by atoms with Crippen LogP contribution >= 0.6 is 0 Å². The second-order valence-electron chi connectivity index (χ2n) is 12.5. The van der Waals surface area contributed by atoms with Gasteiger partial charge in [0.25, 0.3) is 0 Å². The molecule has 0 unspecified atom stereocenters. The highest BCUT2D eigenvalue weighted by Gasteiger charge is 2.29. The Morgan fingerprint density at radius 2 is 0.983 bits per heavy atom. The summed E-state index contributed by atoms with van der Waals surface area (Å²) in [7, 11) is 0.458. The van der Waals surface area contributed by atoms with Gasteiger partial charge in [0.2, 0.25) is 0 Å². The van der Waals surface area contributed by atoms with Gasteiger partial charge in [0, 0.05) is 41.5 Å². The molecule has 0 aliphatic heterocycles. The summed E-state index contributed by atoms with van der Waals surface area (Å²) in [4.78, 5) is 39.7. The van der Waals surface area contributed by atoms with Crippen molar-refractivity contribution in [2.75, 3.05) is 54.9 Å². The van der Waals surface area contributed by atoms with E-state index >= 15 is 0 Å². The van der Waals surface area contributed by atoms with Crippen LogP contribution in [0, 0.1) is 6.92 Å². The first-order chi connectivity index (χ1) is 28.7. The van der Waals surface area contributed by atoms with Gasteiger partial charge in [-0.1, -0.05) is 0 Å². The van der Waals surface area contributed by atoms with Crippen molar-refractivity contribution in [1.82, 2.24) is 0 Å². The fraction of sp³-hybridized carbons (Fsp3) is 0.325. The van der Waals surface area contributed by atoms with E-state index < -0.39 is 40.7 Å². The zero-order valence-corrected chi connectivity index (χ0v) is 34.2. The summed E-state index contributed by atoms with van der Waals surface area (Å²) in [5, 5.41) is 0.712. The summed E-state index contributed by atoms with van der Waals surface area (Å²) < 4.78 is 105. The first-order valence-corrected chi connectivity index (χ1v) is 19.4. The molecule has 19 nitrogen and oxygen atoms in total. The Morgan fingerprint density at radius 3 is 1.43 bits per heavy atom. The second-order valence-corrected chi connectivity index (χ2v) is 13.5. The number of esters is 3. The highest BCUT2D eigenvalue weighted by Crippen LogP contribution is 2.42. The molecule has 0 bridgehead atoms. The summed E-state index contributed by atoms with van der Waals surface area (Å²) in [5.41, 5.74) is 0.687. The molecule has 60 heavy (non-hydrogen) atoms. The van der Waals surface area contributed by atoms with Crippen molar-refractivity contribution in [1.29, 1.82) is 0 Å². The molecule has 0 saturated carbocycles. The molecule has 0 aliphatic carbocycles. The van der Waals surface area contributed by atoms with E-state index in [9.17, 15) is 27.4 Å². The van der Waals surface area contributed by atoms with E-state index in [1.54, 1.807) is 32.9 Å². The van der Waals surface area contributed by atoms with Gasteiger partial charge in [-0.2, -0.15) is 8.42 Å². The minimum Gasteiger partial charge on any atom is -0.493 e. The van der Waals surface area contributed by atoms with E-state index in [0.29, 0.717) is 16.7 Å². The molecule has 6 rings (SSSR count). The van der Waals surface area contributed by atoms with E-state index in [-0.39, 0.29) is 112 Å². The van der Waals surface area contributed by atoms with E-state index in [4.69, 9.17) is 55.9 Å². The minimum absolute atomic E-state index is 0.00960. The van der Waals surface area contributed by atoms with Crippen LogP contribution in [0.25, 0.3) is 32.9 Å². The Labute approximate surface area is 341 Å². The largest absolute Gasteiger partial charge is 0.493 e. The first kappa shape index (κ1) is 43.0. The third kappa shape index (κ3) is 8.84. The fourth-order valence-corrected chi connectivity index (χ4v) is 6.66. The third-order valence-electron chi connectivity index (χ3n) is 8.84. The molecule has 6 aromatic rings. The maximum Gasteiger partial charge on any atom is 0.446 e. The normalized spacial score (nSPS) is 11.5. The van der Waals surface area contributed by atoms with Crippen LogP contribution in [0.4, 0.5) is 0 Å². The van der Waals surface area contributed by atoms with E-state index in [2.05, 4.69) is 4.18 Å². The summed E-state index contributed by atoms with van der Waals surface area (Å²) >= 11 is 0. The molecule has 0 saturated heterocycles. The molecule has 0 aliphatic rings. The van der Waals surface area contributed by atoms with Gasteiger partial charge in [0.1, 0.15) is 59.0 Å². The number of benzene rings is 3. The van der Waals surface area contributed by atoms with Crippen molar-refractivity contribution in [2.45, 2.75) is 34.0 Å². The number of carbonyl (C=O) groups is 3. The van der Waals surface area contributed by atoms with Crippen molar-refractivity contribution in [2.24, 2.45) is 0 Å². The van der Waals surface area contributed by atoms with Crippen LogP contribution in [-0.4, -0.2) is 85.7 Å². The van der Waals surface area contributed by atoms with Crippen molar-refractivity contribution >= 4 is 61.2 Å². The van der Waals surface area contributed by atoms with Gasteiger partial charge in [-0.3, -0.25) is 4.55 Å². The molecule has 3 aromatic heterocycles. The van der Waals surface area contributed by atoms with Crippen LogP contribution in [-0.2, 0) is 42.6 Å². The van der Waals surface area contributed by atoms with E-state index in [0.717, 1.165) is 6.07 Å². The Morgan fingerprint density at radius 1 is 0.567 bits per heavy atom. The van der Waals surface area contributed by atoms with Crippen molar-refractivity contribution in [3.8, 4) is 34.5 Å². The van der Waals surface area contributed by atoms with Crippen molar-refractivity contribution < 1.29 is 87.4 Å². The van der Waals surface area contributed by atoms with Crippen LogP contribution in [0.2, 0.25) is 0 Å². The van der Waals surface area contributed by atoms with Gasteiger partial charge >= 0.3 is 28.3 Å². The zero-order chi connectivity index (χ0) is 43.3. The Kier molecular flexibility index (Phi) is 13.0. The number of carbonyl (C=O) groups excluding carboxylic acids is 3. The number of fused-ring (bicyclic) bond motifs is 3. The Balaban J connectivity index is 1.38. The molecule has 3 aromatic carbocycles. The topological polar surface area (TPSA) is 237 Å². The predicted molar refractivity (Wildman–Crippen MR) is 208 cm³/mol. The van der Waals surface area contributed by atoms with Gasteiger partial charge in [-0.15, -0.1) is 0 Å². The molecular formula is C40H40O19S. The van der Waals surface area contributed by atoms with Crippen LogP contribution in [0.1, 0.15) is 62.2 Å². The zero-order valence-electron chi connectivity index (χ0n) is 33.4.